The van der Waals surface area contributed by atoms with Gasteiger partial charge in [0.2, 0.25) is 0 Å². The summed E-state index contributed by atoms with van der Waals surface area (Å²) in [4.78, 5) is 7.27. The van der Waals surface area contributed by atoms with Crippen LogP contribution >= 0.6 is 11.6 Å². The van der Waals surface area contributed by atoms with Crippen molar-refractivity contribution in [1.82, 2.24) is 9.38 Å². The third kappa shape index (κ3) is 2.44. The monoisotopic (exact) mass is 277 g/mol. The first-order chi connectivity index (χ1) is 9.35. The van der Waals surface area contributed by atoms with Crippen LogP contribution in [-0.2, 0) is 5.88 Å². The molecule has 0 unspecified atom stereocenters. The smallest absolute Gasteiger partial charge is 0.152 e. The number of hydrogen-bond acceptors (Lipinski definition) is 2. The van der Waals surface area contributed by atoms with Gasteiger partial charge in [-0.2, -0.15) is 0 Å². The van der Waals surface area contributed by atoms with Crippen molar-refractivity contribution in [2.75, 3.05) is 11.4 Å². The standard InChI is InChI=1S/C15H20ClN3/c1-2-3-9-18(12-7-8-12)15-13(11-16)19-10-5-4-6-14(19)17-15/h4-6,10,12H,2-3,7-9,11H2,1H3. The van der Waals surface area contributed by atoms with Gasteiger partial charge in [-0.25, -0.2) is 4.98 Å². The Bertz CT molecular complexity index is 560. The maximum absolute atomic E-state index is 6.17. The molecule has 4 heteroatoms. The molecule has 2 heterocycles. The first-order valence-corrected chi connectivity index (χ1v) is 7.67. The number of imidazole rings is 1. The number of pyridine rings is 1. The molecule has 0 saturated heterocycles. The molecule has 0 N–H and O–H groups in total. The molecule has 19 heavy (non-hydrogen) atoms. The maximum Gasteiger partial charge on any atom is 0.152 e. The number of anilines is 1. The van der Waals surface area contributed by atoms with Gasteiger partial charge < -0.3 is 9.30 Å². The van der Waals surface area contributed by atoms with Gasteiger partial charge in [-0.1, -0.05) is 19.4 Å². The lowest BCUT2D eigenvalue weighted by Crippen LogP contribution is -2.28. The average Bonchev–Trinajstić information content (AvgIpc) is 3.20. The van der Waals surface area contributed by atoms with Crippen LogP contribution in [0.15, 0.2) is 24.4 Å². The molecular weight excluding hydrogens is 258 g/mol. The summed E-state index contributed by atoms with van der Waals surface area (Å²) in [5.74, 6) is 1.60. The highest BCUT2D eigenvalue weighted by Gasteiger charge is 2.31. The number of halogens is 1. The predicted octanol–water partition coefficient (Wildman–Crippen LogP) is 3.84. The van der Waals surface area contributed by atoms with Crippen LogP contribution in [0.2, 0.25) is 0 Å². The van der Waals surface area contributed by atoms with Crippen LogP contribution in [0.1, 0.15) is 38.3 Å². The van der Waals surface area contributed by atoms with Crippen LogP contribution in [0.3, 0.4) is 0 Å². The molecule has 1 aliphatic carbocycles. The van der Waals surface area contributed by atoms with Crippen LogP contribution in [0.25, 0.3) is 5.65 Å². The van der Waals surface area contributed by atoms with E-state index in [0.717, 1.165) is 23.7 Å². The van der Waals surface area contributed by atoms with Crippen LogP contribution in [0.4, 0.5) is 5.82 Å². The lowest BCUT2D eigenvalue weighted by Gasteiger charge is -2.23. The summed E-state index contributed by atoms with van der Waals surface area (Å²) < 4.78 is 2.11. The van der Waals surface area contributed by atoms with Crippen molar-refractivity contribution in [2.45, 2.75) is 44.5 Å². The van der Waals surface area contributed by atoms with Crippen molar-refractivity contribution < 1.29 is 0 Å². The van der Waals surface area contributed by atoms with Crippen molar-refractivity contribution >= 4 is 23.1 Å². The Morgan fingerprint density at radius 3 is 2.95 bits per heavy atom. The van der Waals surface area contributed by atoms with Gasteiger partial charge in [0.25, 0.3) is 0 Å². The van der Waals surface area contributed by atoms with E-state index in [4.69, 9.17) is 16.6 Å². The topological polar surface area (TPSA) is 20.5 Å². The zero-order valence-electron chi connectivity index (χ0n) is 11.3. The molecule has 2 aromatic rings. The van der Waals surface area contributed by atoms with Crippen LogP contribution < -0.4 is 4.90 Å². The second-order valence-electron chi connectivity index (χ2n) is 5.22. The number of aromatic nitrogens is 2. The fraction of sp³-hybridized carbons (Fsp3) is 0.533. The molecule has 1 saturated carbocycles. The largest absolute Gasteiger partial charge is 0.352 e. The Morgan fingerprint density at radius 1 is 1.42 bits per heavy atom. The molecule has 102 valence electrons. The van der Waals surface area contributed by atoms with E-state index < -0.39 is 0 Å². The summed E-state index contributed by atoms with van der Waals surface area (Å²) in [6.45, 7) is 3.33. The second kappa shape index (κ2) is 5.41. The van der Waals surface area contributed by atoms with E-state index in [9.17, 15) is 0 Å². The quantitative estimate of drug-likeness (QED) is 0.748. The Kier molecular flexibility index (Phi) is 3.65. The molecule has 3 nitrogen and oxygen atoms in total. The van der Waals surface area contributed by atoms with Crippen molar-refractivity contribution in [3.05, 3.63) is 30.1 Å². The van der Waals surface area contributed by atoms with Crippen LogP contribution in [0, 0.1) is 0 Å². The zero-order valence-corrected chi connectivity index (χ0v) is 12.1. The lowest BCUT2D eigenvalue weighted by atomic mass is 10.3. The fourth-order valence-electron chi connectivity index (χ4n) is 2.56. The van der Waals surface area contributed by atoms with Gasteiger partial charge >= 0.3 is 0 Å². The van der Waals surface area contributed by atoms with E-state index in [1.807, 2.05) is 18.2 Å². The minimum atomic E-state index is 0.510. The summed E-state index contributed by atoms with van der Waals surface area (Å²) in [7, 11) is 0. The summed E-state index contributed by atoms with van der Waals surface area (Å²) in [6.07, 6.45) is 7.06. The predicted molar refractivity (Wildman–Crippen MR) is 80.0 cm³/mol. The third-order valence-electron chi connectivity index (χ3n) is 3.75. The van der Waals surface area contributed by atoms with Gasteiger partial charge in [-0.3, -0.25) is 0 Å². The Balaban J connectivity index is 2.01. The molecule has 2 aromatic heterocycles. The van der Waals surface area contributed by atoms with E-state index in [2.05, 4.69) is 22.4 Å². The molecule has 0 bridgehead atoms. The number of hydrogen-bond donors (Lipinski definition) is 0. The zero-order chi connectivity index (χ0) is 13.2. The Morgan fingerprint density at radius 2 is 2.26 bits per heavy atom. The van der Waals surface area contributed by atoms with Crippen molar-refractivity contribution in [1.29, 1.82) is 0 Å². The maximum atomic E-state index is 6.17. The van der Waals surface area contributed by atoms with Crippen LogP contribution in [-0.4, -0.2) is 22.0 Å². The molecule has 0 atom stereocenters. The molecule has 3 rings (SSSR count). The summed E-state index contributed by atoms with van der Waals surface area (Å²) in [5.41, 5.74) is 2.12. The number of nitrogens with zero attached hydrogens (tertiary/aromatic N) is 3. The fourth-order valence-corrected chi connectivity index (χ4v) is 2.81. The number of fused-ring (bicyclic) bond motifs is 1. The van der Waals surface area contributed by atoms with Gasteiger partial charge in [0.05, 0.1) is 11.6 Å². The van der Waals surface area contributed by atoms with Gasteiger partial charge in [-0.15, -0.1) is 11.6 Å². The average molecular weight is 278 g/mol. The summed E-state index contributed by atoms with van der Waals surface area (Å²) in [6, 6.07) is 6.78. The summed E-state index contributed by atoms with van der Waals surface area (Å²) in [5, 5.41) is 0. The highest BCUT2D eigenvalue weighted by atomic mass is 35.5. The first kappa shape index (κ1) is 12.8. The van der Waals surface area contributed by atoms with Crippen molar-refractivity contribution in [3.63, 3.8) is 0 Å². The van der Waals surface area contributed by atoms with Gasteiger partial charge in [-0.05, 0) is 31.4 Å². The minimum absolute atomic E-state index is 0.510. The summed E-state index contributed by atoms with van der Waals surface area (Å²) >= 11 is 6.17. The third-order valence-corrected chi connectivity index (χ3v) is 4.00. The van der Waals surface area contributed by atoms with Crippen molar-refractivity contribution in [2.24, 2.45) is 0 Å². The van der Waals surface area contributed by atoms with E-state index in [-0.39, 0.29) is 0 Å². The van der Waals surface area contributed by atoms with E-state index >= 15 is 0 Å². The molecule has 1 fully saturated rings. The highest BCUT2D eigenvalue weighted by molar-refractivity contribution is 6.17. The van der Waals surface area contributed by atoms with Crippen molar-refractivity contribution in [3.8, 4) is 0 Å². The number of unbranched alkanes of at least 4 members (excludes halogenated alkanes) is 1. The highest BCUT2D eigenvalue weighted by Crippen LogP contribution is 2.34. The Labute approximate surface area is 119 Å². The number of alkyl halides is 1. The molecule has 1 aliphatic rings. The van der Waals surface area contributed by atoms with E-state index in [0.29, 0.717) is 11.9 Å². The molecule has 0 aliphatic heterocycles. The number of rotatable bonds is 6. The Hall–Kier alpha value is -1.22. The molecule has 0 amide bonds. The van der Waals surface area contributed by atoms with Crippen LogP contribution in [0.5, 0.6) is 0 Å². The van der Waals surface area contributed by atoms with Gasteiger partial charge in [0.15, 0.2) is 5.82 Å². The lowest BCUT2D eigenvalue weighted by molar-refractivity contribution is 0.704. The second-order valence-corrected chi connectivity index (χ2v) is 5.49. The minimum Gasteiger partial charge on any atom is -0.352 e. The molecule has 0 radical (unpaired) electrons. The SMILES string of the molecule is CCCCN(c1nc2ccccn2c1CCl)C1CC1. The molecule has 0 aromatic carbocycles. The molecule has 0 spiro atoms. The normalized spacial score (nSPS) is 15.1. The van der Waals surface area contributed by atoms with Gasteiger partial charge in [0.1, 0.15) is 5.65 Å². The van der Waals surface area contributed by atoms with E-state index in [1.54, 1.807) is 0 Å². The van der Waals surface area contributed by atoms with Gasteiger partial charge in [0, 0.05) is 18.8 Å². The first-order valence-electron chi connectivity index (χ1n) is 7.13. The molecular formula is C15H20ClN3. The van der Waals surface area contributed by atoms with E-state index in [1.165, 1.54) is 25.7 Å².